The van der Waals surface area contributed by atoms with Gasteiger partial charge in [-0.25, -0.2) is 0 Å². The standard InChI is InChI=1S/C15H21NO3S/c1-10(2)12-4-6-13(7-5-12)16-14(17)9-20-8-11(3)15(18)19/h4-7,10-11H,8-9H2,1-3H3,(H,16,17)(H,18,19). The van der Waals surface area contributed by atoms with Crippen molar-refractivity contribution in [1.82, 2.24) is 0 Å². The molecular formula is C15H21NO3S. The maximum atomic E-state index is 11.7. The summed E-state index contributed by atoms with van der Waals surface area (Å²) in [7, 11) is 0. The first-order chi connectivity index (χ1) is 9.40. The molecule has 0 saturated carbocycles. The van der Waals surface area contributed by atoms with E-state index in [4.69, 9.17) is 5.11 Å². The van der Waals surface area contributed by atoms with Gasteiger partial charge in [-0.05, 0) is 23.6 Å². The van der Waals surface area contributed by atoms with E-state index in [2.05, 4.69) is 19.2 Å². The number of thioether (sulfide) groups is 1. The Bertz CT molecular complexity index is 457. The topological polar surface area (TPSA) is 66.4 Å². The number of hydrogen-bond acceptors (Lipinski definition) is 3. The highest BCUT2D eigenvalue weighted by atomic mass is 32.2. The Labute approximate surface area is 124 Å². The molecule has 1 unspecified atom stereocenters. The lowest BCUT2D eigenvalue weighted by atomic mass is 10.0. The van der Waals surface area contributed by atoms with E-state index >= 15 is 0 Å². The molecular weight excluding hydrogens is 274 g/mol. The highest BCUT2D eigenvalue weighted by Gasteiger charge is 2.11. The summed E-state index contributed by atoms with van der Waals surface area (Å²) in [4.78, 5) is 22.3. The molecule has 110 valence electrons. The molecule has 2 N–H and O–H groups in total. The number of carboxylic acids is 1. The van der Waals surface area contributed by atoms with Gasteiger partial charge in [0, 0.05) is 11.4 Å². The predicted octanol–water partition coefficient (Wildman–Crippen LogP) is 3.20. The van der Waals surface area contributed by atoms with E-state index in [1.54, 1.807) is 6.92 Å². The molecule has 4 nitrogen and oxygen atoms in total. The number of hydrogen-bond donors (Lipinski definition) is 2. The fourth-order valence-corrected chi connectivity index (χ4v) is 2.42. The molecule has 5 heteroatoms. The lowest BCUT2D eigenvalue weighted by Gasteiger charge is -2.09. The second-order valence-electron chi connectivity index (χ2n) is 5.08. The smallest absolute Gasteiger partial charge is 0.307 e. The van der Waals surface area contributed by atoms with Gasteiger partial charge in [-0.3, -0.25) is 9.59 Å². The van der Waals surface area contributed by atoms with Crippen molar-refractivity contribution in [3.63, 3.8) is 0 Å². The Morgan fingerprint density at radius 2 is 1.80 bits per heavy atom. The Balaban J connectivity index is 2.37. The maximum absolute atomic E-state index is 11.7. The number of benzene rings is 1. The van der Waals surface area contributed by atoms with Gasteiger partial charge in [-0.1, -0.05) is 32.9 Å². The van der Waals surface area contributed by atoms with Crippen LogP contribution in [-0.2, 0) is 9.59 Å². The maximum Gasteiger partial charge on any atom is 0.307 e. The minimum atomic E-state index is -0.831. The number of anilines is 1. The fourth-order valence-electron chi connectivity index (χ4n) is 1.55. The van der Waals surface area contributed by atoms with Crippen molar-refractivity contribution in [2.24, 2.45) is 5.92 Å². The molecule has 0 aromatic heterocycles. The van der Waals surface area contributed by atoms with Crippen LogP contribution in [0.5, 0.6) is 0 Å². The van der Waals surface area contributed by atoms with Crippen LogP contribution < -0.4 is 5.32 Å². The van der Waals surface area contributed by atoms with Crippen molar-refractivity contribution in [2.75, 3.05) is 16.8 Å². The van der Waals surface area contributed by atoms with Crippen LogP contribution in [0, 0.1) is 5.92 Å². The molecule has 1 rings (SSSR count). The average molecular weight is 295 g/mol. The van der Waals surface area contributed by atoms with Gasteiger partial charge in [0.15, 0.2) is 0 Å². The van der Waals surface area contributed by atoms with Gasteiger partial charge in [0.05, 0.1) is 11.7 Å². The SMILES string of the molecule is CC(CSCC(=O)Nc1ccc(C(C)C)cc1)C(=O)O. The second kappa shape index (κ2) is 7.94. The number of carbonyl (C=O) groups is 2. The molecule has 0 fully saturated rings. The van der Waals surface area contributed by atoms with E-state index in [1.807, 2.05) is 24.3 Å². The summed E-state index contributed by atoms with van der Waals surface area (Å²) >= 11 is 1.33. The Kier molecular flexibility index (Phi) is 6.58. The lowest BCUT2D eigenvalue weighted by molar-refractivity contribution is -0.140. The molecule has 0 aliphatic carbocycles. The fraction of sp³-hybridized carbons (Fsp3) is 0.467. The molecule has 0 radical (unpaired) electrons. The van der Waals surface area contributed by atoms with E-state index < -0.39 is 11.9 Å². The minimum absolute atomic E-state index is 0.107. The Morgan fingerprint density at radius 1 is 1.20 bits per heavy atom. The predicted molar refractivity (Wildman–Crippen MR) is 83.3 cm³/mol. The number of carboxylic acid groups (broad SMARTS) is 1. The van der Waals surface area contributed by atoms with E-state index in [0.717, 1.165) is 5.69 Å². The number of amides is 1. The first kappa shape index (κ1) is 16.6. The largest absolute Gasteiger partial charge is 0.481 e. The molecule has 1 atom stereocenters. The molecule has 0 spiro atoms. The zero-order valence-electron chi connectivity index (χ0n) is 12.1. The molecule has 0 heterocycles. The highest BCUT2D eigenvalue weighted by molar-refractivity contribution is 8.00. The van der Waals surface area contributed by atoms with Crippen molar-refractivity contribution < 1.29 is 14.7 Å². The monoisotopic (exact) mass is 295 g/mol. The summed E-state index contributed by atoms with van der Waals surface area (Å²) in [6, 6.07) is 7.77. The van der Waals surface area contributed by atoms with Crippen LogP contribution in [0.3, 0.4) is 0 Å². The summed E-state index contributed by atoms with van der Waals surface area (Å²) in [6.07, 6.45) is 0. The molecule has 0 aliphatic heterocycles. The van der Waals surface area contributed by atoms with Gasteiger partial charge in [0.2, 0.25) is 5.91 Å². The van der Waals surface area contributed by atoms with Crippen LogP contribution in [0.25, 0.3) is 0 Å². The van der Waals surface area contributed by atoms with Crippen molar-refractivity contribution >= 4 is 29.3 Å². The van der Waals surface area contributed by atoms with Crippen molar-refractivity contribution in [3.8, 4) is 0 Å². The van der Waals surface area contributed by atoms with Crippen LogP contribution in [-0.4, -0.2) is 28.5 Å². The molecule has 1 aromatic carbocycles. The zero-order chi connectivity index (χ0) is 15.1. The van der Waals surface area contributed by atoms with E-state index in [-0.39, 0.29) is 11.7 Å². The molecule has 1 amide bonds. The summed E-state index contributed by atoms with van der Waals surface area (Å²) in [5, 5.41) is 11.5. The van der Waals surface area contributed by atoms with Gasteiger partial charge < -0.3 is 10.4 Å². The van der Waals surface area contributed by atoms with Crippen LogP contribution in [0.4, 0.5) is 5.69 Å². The highest BCUT2D eigenvalue weighted by Crippen LogP contribution is 2.17. The minimum Gasteiger partial charge on any atom is -0.481 e. The first-order valence-electron chi connectivity index (χ1n) is 6.60. The summed E-state index contributed by atoms with van der Waals surface area (Å²) in [5.74, 6) is -0.198. The molecule has 0 saturated heterocycles. The van der Waals surface area contributed by atoms with E-state index in [1.165, 1.54) is 17.3 Å². The van der Waals surface area contributed by atoms with Gasteiger partial charge in [-0.2, -0.15) is 11.8 Å². The van der Waals surface area contributed by atoms with Gasteiger partial charge >= 0.3 is 5.97 Å². The van der Waals surface area contributed by atoms with E-state index in [0.29, 0.717) is 11.7 Å². The number of rotatable bonds is 7. The van der Waals surface area contributed by atoms with Crippen LogP contribution in [0.2, 0.25) is 0 Å². The third kappa shape index (κ3) is 5.65. The summed E-state index contributed by atoms with van der Waals surface area (Å²) in [5.41, 5.74) is 2.00. The van der Waals surface area contributed by atoms with Gasteiger partial charge in [0.25, 0.3) is 0 Å². The quantitative estimate of drug-likeness (QED) is 0.810. The third-order valence-electron chi connectivity index (χ3n) is 2.88. The Hall–Kier alpha value is -1.49. The molecule has 20 heavy (non-hydrogen) atoms. The summed E-state index contributed by atoms with van der Waals surface area (Å²) in [6.45, 7) is 5.87. The van der Waals surface area contributed by atoms with Crippen molar-refractivity contribution in [3.05, 3.63) is 29.8 Å². The van der Waals surface area contributed by atoms with Gasteiger partial charge in [0.1, 0.15) is 0 Å². The average Bonchev–Trinajstić information content (AvgIpc) is 2.39. The van der Waals surface area contributed by atoms with Crippen molar-refractivity contribution in [1.29, 1.82) is 0 Å². The molecule has 0 aliphatic rings. The normalized spacial score (nSPS) is 12.2. The molecule has 0 bridgehead atoms. The Morgan fingerprint density at radius 3 is 2.30 bits per heavy atom. The van der Waals surface area contributed by atoms with Crippen LogP contribution in [0.15, 0.2) is 24.3 Å². The van der Waals surface area contributed by atoms with Crippen LogP contribution >= 0.6 is 11.8 Å². The van der Waals surface area contributed by atoms with Gasteiger partial charge in [-0.15, -0.1) is 0 Å². The van der Waals surface area contributed by atoms with Crippen LogP contribution in [0.1, 0.15) is 32.3 Å². The van der Waals surface area contributed by atoms with Crippen molar-refractivity contribution in [2.45, 2.75) is 26.7 Å². The number of nitrogens with one attached hydrogen (secondary N) is 1. The number of aliphatic carboxylic acids is 1. The lowest BCUT2D eigenvalue weighted by Crippen LogP contribution is -2.17. The van der Waals surface area contributed by atoms with E-state index in [9.17, 15) is 9.59 Å². The number of carbonyl (C=O) groups excluding carboxylic acids is 1. The second-order valence-corrected chi connectivity index (χ2v) is 6.11. The summed E-state index contributed by atoms with van der Waals surface area (Å²) < 4.78 is 0. The zero-order valence-corrected chi connectivity index (χ0v) is 12.9. The molecule has 1 aromatic rings. The first-order valence-corrected chi connectivity index (χ1v) is 7.76. The third-order valence-corrected chi connectivity index (χ3v) is 4.09.